The Labute approximate surface area is 146 Å². The SMILES string of the molecule is Cc1ncc(Cl)c(C)c1NC(=O)/C(F)=C/c1ccc2cn[nH]c2c1F. The molecule has 2 N–H and O–H groups in total. The Kier molecular flexibility index (Phi) is 4.50. The fraction of sp³-hybridized carbons (Fsp3) is 0.118. The Morgan fingerprint density at radius 1 is 1.32 bits per heavy atom. The molecular formula is C17H13ClF2N4O. The second-order valence-corrected chi connectivity index (χ2v) is 5.85. The van der Waals surface area contributed by atoms with Crippen LogP contribution in [0.1, 0.15) is 16.8 Å². The second-order valence-electron chi connectivity index (χ2n) is 5.44. The number of aromatic nitrogens is 3. The number of halogens is 3. The van der Waals surface area contributed by atoms with E-state index in [2.05, 4.69) is 20.5 Å². The number of H-pyrrole nitrogens is 1. The van der Waals surface area contributed by atoms with E-state index in [0.717, 1.165) is 6.08 Å². The quantitative estimate of drug-likeness (QED) is 0.682. The normalized spacial score (nSPS) is 11.8. The number of anilines is 1. The number of carbonyl (C=O) groups is 1. The number of carbonyl (C=O) groups excluding carboxylic acids is 1. The fourth-order valence-corrected chi connectivity index (χ4v) is 2.51. The van der Waals surface area contributed by atoms with Crippen molar-refractivity contribution in [3.05, 3.63) is 58.0 Å². The van der Waals surface area contributed by atoms with Crippen molar-refractivity contribution < 1.29 is 13.6 Å². The van der Waals surface area contributed by atoms with Crippen molar-refractivity contribution in [1.82, 2.24) is 15.2 Å². The summed E-state index contributed by atoms with van der Waals surface area (Å²) in [6.45, 7) is 3.34. The summed E-state index contributed by atoms with van der Waals surface area (Å²) in [5, 5.41) is 9.53. The van der Waals surface area contributed by atoms with Gasteiger partial charge in [-0.3, -0.25) is 14.9 Å². The van der Waals surface area contributed by atoms with Gasteiger partial charge in [-0.2, -0.15) is 5.10 Å². The van der Waals surface area contributed by atoms with Gasteiger partial charge in [-0.25, -0.2) is 8.78 Å². The average Bonchev–Trinajstić information content (AvgIpc) is 3.07. The van der Waals surface area contributed by atoms with Crippen molar-refractivity contribution in [2.24, 2.45) is 0 Å². The lowest BCUT2D eigenvalue weighted by molar-refractivity contribution is -0.114. The van der Waals surface area contributed by atoms with E-state index < -0.39 is 17.6 Å². The molecule has 0 radical (unpaired) electrons. The Morgan fingerprint density at radius 3 is 2.84 bits per heavy atom. The molecule has 3 rings (SSSR count). The van der Waals surface area contributed by atoms with Crippen LogP contribution in [0.15, 0.2) is 30.4 Å². The number of nitrogens with zero attached hydrogens (tertiary/aromatic N) is 2. The first-order chi connectivity index (χ1) is 11.9. The van der Waals surface area contributed by atoms with Crippen LogP contribution >= 0.6 is 11.6 Å². The van der Waals surface area contributed by atoms with Crippen molar-refractivity contribution in [2.45, 2.75) is 13.8 Å². The standard InChI is InChI=1S/C17H13ClF2N4O/c1-8-12(18)7-21-9(2)15(8)23-17(25)13(19)5-10-3-4-11-6-22-24-16(11)14(10)20/h3-7H,1-2H3,(H,22,24)(H,23,25)/b13-5-. The number of benzene rings is 1. The highest BCUT2D eigenvalue weighted by Crippen LogP contribution is 2.26. The van der Waals surface area contributed by atoms with Crippen LogP contribution in [0.25, 0.3) is 17.0 Å². The van der Waals surface area contributed by atoms with E-state index in [4.69, 9.17) is 11.6 Å². The van der Waals surface area contributed by atoms with Gasteiger partial charge in [0.1, 0.15) is 5.52 Å². The molecule has 0 fully saturated rings. The van der Waals surface area contributed by atoms with Gasteiger partial charge in [0.05, 0.1) is 22.6 Å². The van der Waals surface area contributed by atoms with E-state index in [1.165, 1.54) is 18.5 Å². The summed E-state index contributed by atoms with van der Waals surface area (Å²) in [7, 11) is 0. The molecule has 1 aromatic carbocycles. The van der Waals surface area contributed by atoms with E-state index in [1.807, 2.05) is 0 Å². The topological polar surface area (TPSA) is 70.7 Å². The summed E-state index contributed by atoms with van der Waals surface area (Å²) >= 11 is 5.96. The van der Waals surface area contributed by atoms with Gasteiger partial charge in [-0.05, 0) is 25.5 Å². The Bertz CT molecular complexity index is 1010. The minimum atomic E-state index is -1.14. The van der Waals surface area contributed by atoms with Crippen molar-refractivity contribution in [3.63, 3.8) is 0 Å². The van der Waals surface area contributed by atoms with Crippen LogP contribution in [0, 0.1) is 19.7 Å². The van der Waals surface area contributed by atoms with E-state index in [9.17, 15) is 13.6 Å². The van der Waals surface area contributed by atoms with Crippen molar-refractivity contribution >= 4 is 40.2 Å². The molecule has 0 saturated carbocycles. The first kappa shape index (κ1) is 17.0. The number of hydrogen-bond donors (Lipinski definition) is 2. The molecule has 1 amide bonds. The zero-order valence-electron chi connectivity index (χ0n) is 13.3. The maximum atomic E-state index is 14.3. The van der Waals surface area contributed by atoms with E-state index in [1.54, 1.807) is 19.9 Å². The molecule has 0 atom stereocenters. The lowest BCUT2D eigenvalue weighted by atomic mass is 10.1. The molecule has 8 heteroatoms. The van der Waals surface area contributed by atoms with Gasteiger partial charge in [0.25, 0.3) is 5.91 Å². The lowest BCUT2D eigenvalue weighted by Crippen LogP contribution is -2.14. The second kappa shape index (κ2) is 6.60. The van der Waals surface area contributed by atoms with E-state index >= 15 is 0 Å². The molecule has 3 aromatic rings. The third-order valence-electron chi connectivity index (χ3n) is 3.79. The Balaban J connectivity index is 1.90. The predicted octanol–water partition coefficient (Wildman–Crippen LogP) is 4.32. The van der Waals surface area contributed by atoms with Gasteiger partial charge < -0.3 is 5.32 Å². The minimum absolute atomic E-state index is 0.0675. The molecule has 2 heterocycles. The van der Waals surface area contributed by atoms with Gasteiger partial charge in [0.15, 0.2) is 11.6 Å². The summed E-state index contributed by atoms with van der Waals surface area (Å²) in [6, 6.07) is 2.95. The number of nitrogens with one attached hydrogen (secondary N) is 2. The molecule has 0 unspecified atom stereocenters. The zero-order valence-corrected chi connectivity index (χ0v) is 14.1. The highest BCUT2D eigenvalue weighted by molar-refractivity contribution is 6.31. The molecule has 0 spiro atoms. The summed E-state index contributed by atoms with van der Waals surface area (Å²) < 4.78 is 28.5. The number of pyridine rings is 1. The molecule has 128 valence electrons. The highest BCUT2D eigenvalue weighted by Gasteiger charge is 2.16. The van der Waals surface area contributed by atoms with Crippen LogP contribution in [0.3, 0.4) is 0 Å². The first-order valence-electron chi connectivity index (χ1n) is 7.30. The molecule has 5 nitrogen and oxygen atoms in total. The maximum absolute atomic E-state index is 14.3. The molecule has 0 aliphatic carbocycles. The van der Waals surface area contributed by atoms with Gasteiger partial charge >= 0.3 is 0 Å². The molecular weight excluding hydrogens is 350 g/mol. The first-order valence-corrected chi connectivity index (χ1v) is 7.68. The van der Waals surface area contributed by atoms with Crippen LogP contribution in [0.4, 0.5) is 14.5 Å². The number of rotatable bonds is 3. The number of amides is 1. The highest BCUT2D eigenvalue weighted by atomic mass is 35.5. The smallest absolute Gasteiger partial charge is 0.284 e. The predicted molar refractivity (Wildman–Crippen MR) is 92.5 cm³/mol. The summed E-state index contributed by atoms with van der Waals surface area (Å²) in [4.78, 5) is 16.1. The fourth-order valence-electron chi connectivity index (χ4n) is 2.37. The minimum Gasteiger partial charge on any atom is -0.318 e. The Hall–Kier alpha value is -2.80. The van der Waals surface area contributed by atoms with Gasteiger partial charge in [-0.15, -0.1) is 0 Å². The van der Waals surface area contributed by atoms with Crippen LogP contribution < -0.4 is 5.32 Å². The molecule has 0 aliphatic rings. The van der Waals surface area contributed by atoms with Crippen LogP contribution in [-0.2, 0) is 4.79 Å². The lowest BCUT2D eigenvalue weighted by Gasteiger charge is -2.11. The number of fused-ring (bicyclic) bond motifs is 1. The molecule has 0 aliphatic heterocycles. The van der Waals surface area contributed by atoms with E-state index in [0.29, 0.717) is 27.4 Å². The number of aryl methyl sites for hydroxylation is 1. The van der Waals surface area contributed by atoms with Crippen LogP contribution in [0.5, 0.6) is 0 Å². The molecule has 0 saturated heterocycles. The molecule has 2 aromatic heterocycles. The zero-order chi connectivity index (χ0) is 18.1. The average molecular weight is 363 g/mol. The maximum Gasteiger partial charge on any atom is 0.284 e. The van der Waals surface area contributed by atoms with Crippen molar-refractivity contribution in [2.75, 3.05) is 5.32 Å². The summed E-state index contributed by atoms with van der Waals surface area (Å²) in [5.74, 6) is -2.84. The van der Waals surface area contributed by atoms with Gasteiger partial charge in [-0.1, -0.05) is 23.7 Å². The molecule has 25 heavy (non-hydrogen) atoms. The van der Waals surface area contributed by atoms with Gasteiger partial charge in [0, 0.05) is 17.1 Å². The third-order valence-corrected chi connectivity index (χ3v) is 4.17. The molecule has 0 bridgehead atoms. The third kappa shape index (κ3) is 3.23. The largest absolute Gasteiger partial charge is 0.318 e. The van der Waals surface area contributed by atoms with Crippen molar-refractivity contribution in [3.8, 4) is 0 Å². The van der Waals surface area contributed by atoms with Crippen LogP contribution in [0.2, 0.25) is 5.02 Å². The van der Waals surface area contributed by atoms with E-state index in [-0.39, 0.29) is 11.1 Å². The number of hydrogen-bond acceptors (Lipinski definition) is 3. The van der Waals surface area contributed by atoms with Crippen molar-refractivity contribution in [1.29, 1.82) is 0 Å². The monoisotopic (exact) mass is 362 g/mol. The van der Waals surface area contributed by atoms with Gasteiger partial charge in [0.2, 0.25) is 0 Å². The van der Waals surface area contributed by atoms with Crippen LogP contribution in [-0.4, -0.2) is 21.1 Å². The summed E-state index contributed by atoms with van der Waals surface area (Å²) in [5.41, 5.74) is 1.47. The Morgan fingerprint density at radius 2 is 2.08 bits per heavy atom. The number of aromatic amines is 1. The summed E-state index contributed by atoms with van der Waals surface area (Å²) in [6.07, 6.45) is 3.73.